The van der Waals surface area contributed by atoms with Crippen LogP contribution in [0.25, 0.3) is 0 Å². The number of nitrogens with zero attached hydrogens (tertiary/aromatic N) is 2. The molecule has 0 radical (unpaired) electrons. The number of carbonyl (C=O) groups is 1. The third-order valence-electron chi connectivity index (χ3n) is 2.98. The van der Waals surface area contributed by atoms with E-state index < -0.39 is 10.0 Å². The van der Waals surface area contributed by atoms with E-state index in [9.17, 15) is 13.2 Å². The van der Waals surface area contributed by atoms with E-state index in [0.29, 0.717) is 11.4 Å². The molecule has 8 heteroatoms. The van der Waals surface area contributed by atoms with Crippen molar-refractivity contribution >= 4 is 15.9 Å². The highest BCUT2D eigenvalue weighted by Crippen LogP contribution is 2.16. The van der Waals surface area contributed by atoms with Gasteiger partial charge < -0.3 is 10.3 Å². The Morgan fingerprint density at radius 3 is 2.52 bits per heavy atom. The number of hydrogen-bond donors (Lipinski definition) is 2. The van der Waals surface area contributed by atoms with Crippen molar-refractivity contribution in [3.8, 4) is 0 Å². The Kier molecular flexibility index (Phi) is 4.39. The number of aromatic amines is 1. The van der Waals surface area contributed by atoms with Gasteiger partial charge in [0, 0.05) is 32.1 Å². The maximum atomic E-state index is 12.4. The van der Waals surface area contributed by atoms with Crippen LogP contribution in [0.4, 0.5) is 0 Å². The number of rotatable bonds is 5. The molecule has 0 spiro atoms. The molecule has 1 aromatic heterocycles. The van der Waals surface area contributed by atoms with E-state index in [1.54, 1.807) is 12.4 Å². The van der Waals surface area contributed by atoms with Crippen molar-refractivity contribution in [3.05, 3.63) is 48.0 Å². The first-order valence-corrected chi connectivity index (χ1v) is 7.66. The Morgan fingerprint density at radius 2 is 2.00 bits per heavy atom. The molecule has 1 amide bonds. The molecule has 0 aliphatic heterocycles. The van der Waals surface area contributed by atoms with Gasteiger partial charge in [-0.15, -0.1) is 0 Å². The number of amides is 1. The van der Waals surface area contributed by atoms with Crippen LogP contribution in [0.5, 0.6) is 0 Å². The molecule has 1 heterocycles. The van der Waals surface area contributed by atoms with E-state index in [1.165, 1.54) is 42.7 Å². The van der Waals surface area contributed by atoms with Gasteiger partial charge in [-0.25, -0.2) is 13.4 Å². The number of nitrogens with one attached hydrogen (secondary N) is 2. The summed E-state index contributed by atoms with van der Waals surface area (Å²) in [6, 6.07) is 5.79. The fourth-order valence-corrected chi connectivity index (χ4v) is 2.92. The molecule has 0 atom stereocenters. The number of hydrogen-bond acceptors (Lipinski definition) is 4. The van der Waals surface area contributed by atoms with Crippen LogP contribution in [-0.4, -0.2) is 42.7 Å². The maximum Gasteiger partial charge on any atom is 0.251 e. The van der Waals surface area contributed by atoms with Gasteiger partial charge in [0.05, 0.1) is 11.4 Å². The van der Waals surface area contributed by atoms with Crippen molar-refractivity contribution in [2.75, 3.05) is 14.1 Å². The second kappa shape index (κ2) is 6.06. The smallest absolute Gasteiger partial charge is 0.251 e. The van der Waals surface area contributed by atoms with Crippen molar-refractivity contribution in [2.24, 2.45) is 0 Å². The number of imidazole rings is 1. The summed E-state index contributed by atoms with van der Waals surface area (Å²) in [5.74, 6) is 0.297. The Balaban J connectivity index is 2.20. The van der Waals surface area contributed by atoms with E-state index >= 15 is 0 Å². The van der Waals surface area contributed by atoms with Gasteiger partial charge in [-0.1, -0.05) is 0 Å². The lowest BCUT2D eigenvalue weighted by molar-refractivity contribution is 0.0963. The Bertz CT molecular complexity index is 708. The third kappa shape index (κ3) is 3.29. The molecule has 2 rings (SSSR count). The third-order valence-corrected chi connectivity index (χ3v) is 4.80. The van der Waals surface area contributed by atoms with Crippen LogP contribution < -0.4 is 5.32 Å². The molecule has 0 unspecified atom stereocenters. The van der Waals surface area contributed by atoms with Crippen molar-refractivity contribution in [1.82, 2.24) is 19.6 Å². The topological polar surface area (TPSA) is 95.2 Å². The zero-order chi connectivity index (χ0) is 15.5. The zero-order valence-electron chi connectivity index (χ0n) is 11.7. The summed E-state index contributed by atoms with van der Waals surface area (Å²) in [6.07, 6.45) is 3.20. The lowest BCUT2D eigenvalue weighted by atomic mass is 10.2. The van der Waals surface area contributed by atoms with E-state index in [1.807, 2.05) is 0 Å². The van der Waals surface area contributed by atoms with Crippen molar-refractivity contribution in [1.29, 1.82) is 0 Å². The van der Waals surface area contributed by atoms with Crippen LogP contribution in [0.1, 0.15) is 16.2 Å². The van der Waals surface area contributed by atoms with E-state index in [0.717, 1.165) is 0 Å². The summed E-state index contributed by atoms with van der Waals surface area (Å²) in [6.45, 7) is 0.145. The van der Waals surface area contributed by atoms with Crippen LogP contribution in [0, 0.1) is 0 Å². The fourth-order valence-electron chi connectivity index (χ4n) is 1.78. The van der Waals surface area contributed by atoms with Gasteiger partial charge in [-0.3, -0.25) is 4.79 Å². The molecule has 0 fully saturated rings. The number of H-pyrrole nitrogens is 1. The molecule has 7 nitrogen and oxygen atoms in total. The molecule has 0 saturated carbocycles. The lowest BCUT2D eigenvalue weighted by Gasteiger charge is -2.16. The summed E-state index contributed by atoms with van der Waals surface area (Å²) in [5.41, 5.74) is 0.408. The number of benzene rings is 1. The molecule has 112 valence electrons. The van der Waals surface area contributed by atoms with Gasteiger partial charge in [0.25, 0.3) is 5.91 Å². The standard InChI is InChI=1S/C13H16N4O3S/c1-14-13(18)10-3-5-11(6-4-10)21(19,20)17(2)9-12-15-7-8-16-12/h3-8H,9H2,1-2H3,(H,14,18)(H,15,16). The van der Waals surface area contributed by atoms with Gasteiger partial charge in [0.15, 0.2) is 0 Å². The van der Waals surface area contributed by atoms with Crippen LogP contribution in [0.2, 0.25) is 0 Å². The quantitative estimate of drug-likeness (QED) is 0.845. The Hall–Kier alpha value is -2.19. The summed E-state index contributed by atoms with van der Waals surface area (Å²) in [4.78, 5) is 18.4. The van der Waals surface area contributed by atoms with Crippen molar-refractivity contribution in [2.45, 2.75) is 11.4 Å². The molecular formula is C13H16N4O3S. The van der Waals surface area contributed by atoms with Gasteiger partial charge in [-0.05, 0) is 24.3 Å². The SMILES string of the molecule is CNC(=O)c1ccc(S(=O)(=O)N(C)Cc2ncc[nH]2)cc1. The van der Waals surface area contributed by atoms with Crippen molar-refractivity contribution in [3.63, 3.8) is 0 Å². The molecule has 0 saturated heterocycles. The van der Waals surface area contributed by atoms with Crippen LogP contribution in [-0.2, 0) is 16.6 Å². The summed E-state index contributed by atoms with van der Waals surface area (Å²) < 4.78 is 26.0. The minimum Gasteiger partial charge on any atom is -0.355 e. The predicted molar refractivity (Wildman–Crippen MR) is 77.1 cm³/mol. The molecule has 21 heavy (non-hydrogen) atoms. The summed E-state index contributed by atoms with van der Waals surface area (Å²) in [5, 5.41) is 2.48. The second-order valence-electron chi connectivity index (χ2n) is 4.40. The molecule has 1 aromatic carbocycles. The Labute approximate surface area is 123 Å². The first-order chi connectivity index (χ1) is 9.95. The monoisotopic (exact) mass is 308 g/mol. The molecule has 0 aliphatic carbocycles. The van der Waals surface area contributed by atoms with E-state index in [4.69, 9.17) is 0 Å². The maximum absolute atomic E-state index is 12.4. The van der Waals surface area contributed by atoms with Crippen LogP contribution in [0.3, 0.4) is 0 Å². The minimum absolute atomic E-state index is 0.129. The molecule has 2 aromatic rings. The largest absolute Gasteiger partial charge is 0.355 e. The highest BCUT2D eigenvalue weighted by Gasteiger charge is 2.21. The lowest BCUT2D eigenvalue weighted by Crippen LogP contribution is -2.27. The first-order valence-electron chi connectivity index (χ1n) is 6.22. The minimum atomic E-state index is -3.62. The van der Waals surface area contributed by atoms with E-state index in [2.05, 4.69) is 15.3 Å². The molecule has 0 aliphatic rings. The average molecular weight is 308 g/mol. The van der Waals surface area contributed by atoms with Gasteiger partial charge in [0.2, 0.25) is 10.0 Å². The molecular weight excluding hydrogens is 292 g/mol. The van der Waals surface area contributed by atoms with Gasteiger partial charge in [-0.2, -0.15) is 4.31 Å². The van der Waals surface area contributed by atoms with Crippen LogP contribution >= 0.6 is 0 Å². The number of aromatic nitrogens is 2. The van der Waals surface area contributed by atoms with E-state index in [-0.39, 0.29) is 17.3 Å². The van der Waals surface area contributed by atoms with Crippen molar-refractivity contribution < 1.29 is 13.2 Å². The normalized spacial score (nSPS) is 11.6. The average Bonchev–Trinajstić information content (AvgIpc) is 2.99. The number of carbonyl (C=O) groups excluding carboxylic acids is 1. The molecule has 0 bridgehead atoms. The molecule has 2 N–H and O–H groups in total. The summed E-state index contributed by atoms with van der Waals surface area (Å²) >= 11 is 0. The zero-order valence-corrected chi connectivity index (χ0v) is 12.5. The van der Waals surface area contributed by atoms with Gasteiger partial charge in [0.1, 0.15) is 5.82 Å². The highest BCUT2D eigenvalue weighted by molar-refractivity contribution is 7.89. The Morgan fingerprint density at radius 1 is 1.33 bits per heavy atom. The first kappa shape index (κ1) is 15.2. The highest BCUT2D eigenvalue weighted by atomic mass is 32.2. The summed E-state index contributed by atoms with van der Waals surface area (Å²) in [7, 11) is -0.628. The second-order valence-corrected chi connectivity index (χ2v) is 6.45. The number of sulfonamides is 1. The predicted octanol–water partition coefficient (Wildman–Crippen LogP) is 0.590. The van der Waals surface area contributed by atoms with Gasteiger partial charge >= 0.3 is 0 Å². The van der Waals surface area contributed by atoms with Crippen LogP contribution in [0.15, 0.2) is 41.6 Å². The fraction of sp³-hybridized carbons (Fsp3) is 0.231.